The lowest BCUT2D eigenvalue weighted by atomic mass is 9.60. The van der Waals surface area contributed by atoms with Crippen LogP contribution in [-0.2, 0) is 0 Å². The number of nitrogens with zero attached hydrogens (tertiary/aromatic N) is 4. The standard InChI is InChI=1S/C45H23B5N4O/c46-38-37(39(47)41(49)42(50)40(38)48)45-52-43(25-13-5-2-6-14-25)51-44(53-45)30-17-10-20-33-36(30)29-22-21-26(23-34(29)55-33)54-31-18-8-7-15-28(31)35-27(16-9-19-32(35)54)24-11-3-1-4-12-24/h1-23H. The third-order valence-corrected chi connectivity index (χ3v) is 10.4. The lowest BCUT2D eigenvalue weighted by molar-refractivity contribution is 0.668. The van der Waals surface area contributed by atoms with Crippen LogP contribution in [-0.4, -0.2) is 58.8 Å². The van der Waals surface area contributed by atoms with Crippen LogP contribution in [0.1, 0.15) is 0 Å². The fourth-order valence-corrected chi connectivity index (χ4v) is 7.71. The van der Waals surface area contributed by atoms with E-state index < -0.39 is 0 Å². The highest BCUT2D eigenvalue weighted by molar-refractivity contribution is 6.68. The van der Waals surface area contributed by atoms with Gasteiger partial charge in [-0.15, -0.1) is 16.4 Å². The van der Waals surface area contributed by atoms with Crippen molar-refractivity contribution in [3.05, 3.63) is 140 Å². The van der Waals surface area contributed by atoms with Gasteiger partial charge in [0.1, 0.15) is 50.4 Å². The van der Waals surface area contributed by atoms with Crippen LogP contribution in [0.2, 0.25) is 0 Å². The van der Waals surface area contributed by atoms with Crippen molar-refractivity contribution in [3.8, 4) is 51.0 Å². The van der Waals surface area contributed by atoms with Gasteiger partial charge in [0.2, 0.25) is 0 Å². The summed E-state index contributed by atoms with van der Waals surface area (Å²) in [5, 5.41) is 4.13. The van der Waals surface area contributed by atoms with Crippen LogP contribution < -0.4 is 27.3 Å². The Balaban J connectivity index is 1.19. The first-order chi connectivity index (χ1) is 26.9. The highest BCUT2D eigenvalue weighted by Crippen LogP contribution is 2.41. The molecule has 0 atom stereocenters. The van der Waals surface area contributed by atoms with Crippen LogP contribution in [0.4, 0.5) is 0 Å². The van der Waals surface area contributed by atoms with Crippen molar-refractivity contribution in [1.82, 2.24) is 19.5 Å². The second-order valence-electron chi connectivity index (χ2n) is 13.5. The molecular weight excluding hydrogens is 667 g/mol. The molecule has 0 saturated heterocycles. The van der Waals surface area contributed by atoms with Crippen molar-refractivity contribution in [1.29, 1.82) is 0 Å². The zero-order valence-electron chi connectivity index (χ0n) is 29.4. The normalized spacial score (nSPS) is 11.6. The van der Waals surface area contributed by atoms with Crippen LogP contribution in [0.3, 0.4) is 0 Å². The maximum absolute atomic E-state index is 6.61. The Bertz CT molecular complexity index is 3130. The molecule has 10 rings (SSSR count). The zero-order chi connectivity index (χ0) is 37.4. The fourth-order valence-electron chi connectivity index (χ4n) is 7.71. The molecule has 5 nitrogen and oxygen atoms in total. The maximum Gasteiger partial charge on any atom is 0.164 e. The molecular formula is C45H23B5N4O. The molecule has 10 radical (unpaired) electrons. The number of para-hydroxylation sites is 1. The second-order valence-corrected chi connectivity index (χ2v) is 13.5. The smallest absolute Gasteiger partial charge is 0.164 e. The van der Waals surface area contributed by atoms with Crippen molar-refractivity contribution in [2.24, 2.45) is 0 Å². The molecule has 0 N–H and O–H groups in total. The first-order valence-corrected chi connectivity index (χ1v) is 17.7. The number of hydrogen-bond acceptors (Lipinski definition) is 4. The molecule has 10 aromatic rings. The van der Waals surface area contributed by atoms with E-state index in [2.05, 4.69) is 89.5 Å². The van der Waals surface area contributed by atoms with Gasteiger partial charge in [-0.25, -0.2) is 15.0 Å². The third-order valence-electron chi connectivity index (χ3n) is 10.4. The molecule has 0 amide bonds. The maximum atomic E-state index is 6.61. The van der Waals surface area contributed by atoms with Gasteiger partial charge in [0.25, 0.3) is 0 Å². The molecule has 0 fully saturated rings. The monoisotopic (exact) mass is 690 g/mol. The van der Waals surface area contributed by atoms with Crippen LogP contribution in [0.5, 0.6) is 0 Å². The molecule has 3 aromatic heterocycles. The molecule has 0 bridgehead atoms. The van der Waals surface area contributed by atoms with E-state index in [1.807, 2.05) is 54.6 Å². The van der Waals surface area contributed by atoms with Gasteiger partial charge < -0.3 is 8.98 Å². The lowest BCUT2D eigenvalue weighted by Crippen LogP contribution is -2.55. The van der Waals surface area contributed by atoms with Gasteiger partial charge in [-0.1, -0.05) is 114 Å². The highest BCUT2D eigenvalue weighted by atomic mass is 16.3. The quantitative estimate of drug-likeness (QED) is 0.224. The van der Waals surface area contributed by atoms with Gasteiger partial charge in [0.15, 0.2) is 17.5 Å². The average Bonchev–Trinajstić information content (AvgIpc) is 3.78. The molecule has 0 aliphatic heterocycles. The number of fused-ring (bicyclic) bond motifs is 6. The number of aromatic nitrogens is 4. The van der Waals surface area contributed by atoms with E-state index in [9.17, 15) is 0 Å². The summed E-state index contributed by atoms with van der Waals surface area (Å²) in [6.07, 6.45) is 0. The molecule has 10 heteroatoms. The predicted molar refractivity (Wildman–Crippen MR) is 230 cm³/mol. The minimum atomic E-state index is 0.114. The third kappa shape index (κ3) is 5.19. The summed E-state index contributed by atoms with van der Waals surface area (Å²) in [5.41, 5.74) is 9.36. The van der Waals surface area contributed by atoms with Crippen LogP contribution >= 0.6 is 0 Å². The Hall–Kier alpha value is -6.53. The molecule has 0 saturated carbocycles. The van der Waals surface area contributed by atoms with Crippen LogP contribution in [0.25, 0.3) is 94.7 Å². The lowest BCUT2D eigenvalue weighted by Gasteiger charge is -2.20. The average molecular weight is 690 g/mol. The summed E-state index contributed by atoms with van der Waals surface area (Å²) in [4.78, 5) is 14.7. The van der Waals surface area contributed by atoms with E-state index in [0.717, 1.165) is 44.2 Å². The Kier molecular flexibility index (Phi) is 7.70. The van der Waals surface area contributed by atoms with E-state index in [0.29, 0.717) is 22.8 Å². The van der Waals surface area contributed by atoms with E-state index in [1.165, 1.54) is 21.9 Å². The highest BCUT2D eigenvalue weighted by Gasteiger charge is 2.22. The number of rotatable bonds is 5. The Morgan fingerprint density at radius 3 is 1.78 bits per heavy atom. The Morgan fingerprint density at radius 1 is 0.418 bits per heavy atom. The minimum absolute atomic E-state index is 0.114. The van der Waals surface area contributed by atoms with Gasteiger partial charge in [-0.3, -0.25) is 0 Å². The summed E-state index contributed by atoms with van der Waals surface area (Å²) in [6, 6.07) is 47.3. The number of hydrogen-bond donors (Lipinski definition) is 0. The Labute approximate surface area is 323 Å². The summed E-state index contributed by atoms with van der Waals surface area (Å²) in [7, 11) is 31.7. The molecule has 244 valence electrons. The zero-order valence-corrected chi connectivity index (χ0v) is 29.4. The minimum Gasteiger partial charge on any atom is -0.456 e. The van der Waals surface area contributed by atoms with Crippen molar-refractivity contribution in [3.63, 3.8) is 0 Å². The van der Waals surface area contributed by atoms with Crippen molar-refractivity contribution < 1.29 is 4.42 Å². The first kappa shape index (κ1) is 33.1. The Morgan fingerprint density at radius 2 is 1.02 bits per heavy atom. The summed E-state index contributed by atoms with van der Waals surface area (Å²) >= 11 is 0. The molecule has 0 unspecified atom stereocenters. The summed E-state index contributed by atoms with van der Waals surface area (Å²) < 4.78 is 8.91. The van der Waals surface area contributed by atoms with Crippen LogP contribution in [0.15, 0.2) is 144 Å². The molecule has 3 heterocycles. The van der Waals surface area contributed by atoms with Crippen molar-refractivity contribution in [2.45, 2.75) is 0 Å². The van der Waals surface area contributed by atoms with Gasteiger partial charge in [0, 0.05) is 50.0 Å². The second kappa shape index (κ2) is 12.8. The first-order valence-electron chi connectivity index (χ1n) is 17.7. The van der Waals surface area contributed by atoms with Crippen molar-refractivity contribution in [2.75, 3.05) is 0 Å². The predicted octanol–water partition coefficient (Wildman–Crippen LogP) is 5.51. The molecule has 0 aliphatic carbocycles. The van der Waals surface area contributed by atoms with Crippen molar-refractivity contribution >= 4 is 110 Å². The SMILES string of the molecule is [B]c1c([B])c([B])c(-c2nc(-c3ccccc3)nc(-c3cccc4oc5cc(-n6c7ccccc7c7c(-c8ccccc8)cccc76)ccc5c34)n2)c([B])c1[B]. The van der Waals surface area contributed by atoms with E-state index in [-0.39, 0.29) is 33.1 Å². The molecule has 55 heavy (non-hydrogen) atoms. The topological polar surface area (TPSA) is 56.7 Å². The number of furan rings is 1. The molecule has 7 aromatic carbocycles. The molecule has 0 aliphatic rings. The molecule has 0 spiro atoms. The van der Waals surface area contributed by atoms with E-state index in [1.54, 1.807) is 0 Å². The fraction of sp³-hybridized carbons (Fsp3) is 0. The van der Waals surface area contributed by atoms with E-state index in [4.69, 9.17) is 58.6 Å². The van der Waals surface area contributed by atoms with Gasteiger partial charge in [0.05, 0.1) is 11.0 Å². The van der Waals surface area contributed by atoms with Gasteiger partial charge in [-0.2, -0.15) is 0 Å². The van der Waals surface area contributed by atoms with Gasteiger partial charge >= 0.3 is 0 Å². The number of benzene rings is 7. The van der Waals surface area contributed by atoms with Gasteiger partial charge in [-0.05, 0) is 41.5 Å². The van der Waals surface area contributed by atoms with Crippen LogP contribution in [0, 0.1) is 0 Å². The summed E-state index contributed by atoms with van der Waals surface area (Å²) in [5.74, 6) is 1.03. The summed E-state index contributed by atoms with van der Waals surface area (Å²) in [6.45, 7) is 0. The van der Waals surface area contributed by atoms with E-state index >= 15 is 0 Å². The largest absolute Gasteiger partial charge is 0.456 e.